The number of carbonyl (C=O) groups is 2. The molecule has 0 saturated heterocycles. The van der Waals surface area contributed by atoms with Gasteiger partial charge in [0.2, 0.25) is 5.78 Å². The van der Waals surface area contributed by atoms with Crippen molar-refractivity contribution in [1.29, 1.82) is 0 Å². The number of phenols is 1. The average molecular weight is 531 g/mol. The zero-order valence-corrected chi connectivity index (χ0v) is 20.7. The van der Waals surface area contributed by atoms with Gasteiger partial charge in [-0.2, -0.15) is 0 Å². The first-order chi connectivity index (χ1) is 16.5. The van der Waals surface area contributed by atoms with Gasteiger partial charge in [0, 0.05) is 39.4 Å². The summed E-state index contributed by atoms with van der Waals surface area (Å²) in [5.74, 6) is -1.45. The number of rotatable bonds is 6. The van der Waals surface area contributed by atoms with Crippen LogP contribution in [0.3, 0.4) is 0 Å². The fraction of sp³-hybridized carbons (Fsp3) is 0.0769. The predicted octanol–water partition coefficient (Wildman–Crippen LogP) is 7.79. The molecule has 2 N–H and O–H groups in total. The summed E-state index contributed by atoms with van der Waals surface area (Å²) in [6, 6.07) is 10.1. The van der Waals surface area contributed by atoms with Gasteiger partial charge in [0.05, 0.1) is 10.0 Å². The summed E-state index contributed by atoms with van der Waals surface area (Å²) in [6.45, 7) is 3.32. The first-order valence-corrected chi connectivity index (χ1v) is 11.8. The summed E-state index contributed by atoms with van der Waals surface area (Å²) in [7, 11) is 0. The monoisotopic (exact) mass is 530 g/mol. The largest absolute Gasteiger partial charge is 0.508 e. The zero-order valence-electron chi connectivity index (χ0n) is 18.4. The summed E-state index contributed by atoms with van der Waals surface area (Å²) >= 11 is 13.8. The Bertz CT molecular complexity index is 1490. The molecule has 178 valence electrons. The molecule has 5 nitrogen and oxygen atoms in total. The van der Waals surface area contributed by atoms with Gasteiger partial charge in [-0.25, -0.2) is 9.18 Å². The molecular formula is C26H17Cl2FO5S. The van der Waals surface area contributed by atoms with E-state index in [1.807, 2.05) is 0 Å². The normalized spacial score (nSPS) is 11.3. The third-order valence-electron chi connectivity index (χ3n) is 5.22. The summed E-state index contributed by atoms with van der Waals surface area (Å²) in [4.78, 5) is 24.7. The van der Waals surface area contributed by atoms with E-state index in [1.54, 1.807) is 19.9 Å². The molecule has 0 bridgehead atoms. The van der Waals surface area contributed by atoms with Gasteiger partial charge >= 0.3 is 5.97 Å². The summed E-state index contributed by atoms with van der Waals surface area (Å²) in [5, 5.41) is 19.7. The van der Waals surface area contributed by atoms with Crippen molar-refractivity contribution < 1.29 is 28.9 Å². The number of fused-ring (bicyclic) bond motifs is 1. The van der Waals surface area contributed by atoms with Crippen LogP contribution in [0.5, 0.6) is 17.2 Å². The van der Waals surface area contributed by atoms with E-state index in [0.29, 0.717) is 32.3 Å². The number of ether oxygens (including phenoxy) is 1. The predicted molar refractivity (Wildman–Crippen MR) is 136 cm³/mol. The third-order valence-corrected chi connectivity index (χ3v) is 6.98. The number of aromatic hydroxyl groups is 1. The molecule has 0 atom stereocenters. The van der Waals surface area contributed by atoms with E-state index in [-0.39, 0.29) is 38.0 Å². The van der Waals surface area contributed by atoms with E-state index in [0.717, 1.165) is 17.4 Å². The molecule has 35 heavy (non-hydrogen) atoms. The summed E-state index contributed by atoms with van der Waals surface area (Å²) in [6.07, 6.45) is 2.19. The lowest BCUT2D eigenvalue weighted by Crippen LogP contribution is -2.06. The minimum absolute atomic E-state index is 0.0269. The van der Waals surface area contributed by atoms with Gasteiger partial charge in [0.25, 0.3) is 0 Å². The number of hydrogen-bond donors (Lipinski definition) is 2. The van der Waals surface area contributed by atoms with Gasteiger partial charge in [-0.05, 0) is 61.4 Å². The number of hydrogen-bond acceptors (Lipinski definition) is 5. The molecule has 1 aromatic heterocycles. The number of halogens is 3. The molecule has 1 heterocycles. The summed E-state index contributed by atoms with van der Waals surface area (Å²) < 4.78 is 20.6. The molecule has 0 radical (unpaired) electrons. The molecule has 0 saturated carbocycles. The van der Waals surface area contributed by atoms with Crippen molar-refractivity contribution in [2.45, 2.75) is 13.8 Å². The highest BCUT2D eigenvalue weighted by Crippen LogP contribution is 2.44. The van der Waals surface area contributed by atoms with Gasteiger partial charge in [0.15, 0.2) is 5.75 Å². The molecule has 0 aliphatic heterocycles. The molecule has 0 unspecified atom stereocenters. The molecule has 0 amide bonds. The number of aryl methyl sites for hydroxylation is 2. The van der Waals surface area contributed by atoms with Gasteiger partial charge in [0.1, 0.15) is 22.2 Å². The maximum atomic E-state index is 13.8. The molecule has 0 aliphatic carbocycles. The molecule has 4 rings (SSSR count). The highest BCUT2D eigenvalue weighted by Gasteiger charge is 2.25. The number of phenolic OH excluding ortho intramolecular Hbond substituents is 1. The Hall–Kier alpha value is -3.39. The lowest BCUT2D eigenvalue weighted by atomic mass is 9.97. The van der Waals surface area contributed by atoms with Crippen molar-refractivity contribution in [3.63, 3.8) is 0 Å². The Kier molecular flexibility index (Phi) is 6.85. The quantitative estimate of drug-likeness (QED) is 0.196. The topological polar surface area (TPSA) is 83.8 Å². The number of ketones is 1. The van der Waals surface area contributed by atoms with Crippen LogP contribution in [0, 0.1) is 19.7 Å². The molecule has 3 aromatic carbocycles. The van der Waals surface area contributed by atoms with Crippen molar-refractivity contribution in [3.05, 3.63) is 91.5 Å². The minimum Gasteiger partial charge on any atom is -0.508 e. The first kappa shape index (κ1) is 24.7. The van der Waals surface area contributed by atoms with E-state index in [4.69, 9.17) is 33.0 Å². The Morgan fingerprint density at radius 2 is 1.66 bits per heavy atom. The zero-order chi connectivity index (χ0) is 25.4. The van der Waals surface area contributed by atoms with Crippen molar-refractivity contribution in [3.8, 4) is 17.2 Å². The maximum Gasteiger partial charge on any atom is 0.328 e. The van der Waals surface area contributed by atoms with Crippen LogP contribution >= 0.6 is 34.5 Å². The second-order valence-corrected chi connectivity index (χ2v) is 9.63. The molecule has 9 heteroatoms. The number of thiophene rings is 1. The van der Waals surface area contributed by atoms with Crippen molar-refractivity contribution in [1.82, 2.24) is 0 Å². The third kappa shape index (κ3) is 5.03. The first-order valence-electron chi connectivity index (χ1n) is 10.2. The van der Waals surface area contributed by atoms with Gasteiger partial charge in [-0.3, -0.25) is 4.79 Å². The fourth-order valence-electron chi connectivity index (χ4n) is 3.75. The molecule has 0 spiro atoms. The fourth-order valence-corrected chi connectivity index (χ4v) is 5.45. The van der Waals surface area contributed by atoms with E-state index in [9.17, 15) is 19.1 Å². The maximum absolute atomic E-state index is 13.8. The van der Waals surface area contributed by atoms with Crippen LogP contribution in [-0.4, -0.2) is 22.0 Å². The summed E-state index contributed by atoms with van der Waals surface area (Å²) in [5.41, 5.74) is 1.63. The molecule has 4 aromatic rings. The standard InChI is InChI=1S/C26H17Cl2FO5S/c1-12-7-14(29)8-13(2)23(12)24(33)26-25(18-4-3-15(30)9-21(18)35-26)34-16-10-19(27)17(20(28)11-16)5-6-22(31)32/h3-11,30H,1-2H3,(H,31,32)/b6-5+. The molecular weight excluding hydrogens is 514 g/mol. The van der Waals surface area contributed by atoms with Crippen LogP contribution < -0.4 is 4.74 Å². The highest BCUT2D eigenvalue weighted by atomic mass is 35.5. The molecule has 0 fully saturated rings. The van der Waals surface area contributed by atoms with Crippen LogP contribution in [0.4, 0.5) is 4.39 Å². The Labute approximate surface area is 213 Å². The number of carboxylic acid groups (broad SMARTS) is 1. The van der Waals surface area contributed by atoms with E-state index in [2.05, 4.69) is 0 Å². The van der Waals surface area contributed by atoms with Crippen molar-refractivity contribution in [2.75, 3.05) is 0 Å². The van der Waals surface area contributed by atoms with Crippen LogP contribution in [-0.2, 0) is 4.79 Å². The Balaban J connectivity index is 1.85. The van der Waals surface area contributed by atoms with E-state index in [1.165, 1.54) is 42.5 Å². The van der Waals surface area contributed by atoms with Gasteiger partial charge in [-0.1, -0.05) is 23.2 Å². The smallest absolute Gasteiger partial charge is 0.328 e. The Morgan fingerprint density at radius 3 is 2.26 bits per heavy atom. The van der Waals surface area contributed by atoms with E-state index < -0.39 is 11.8 Å². The number of benzene rings is 3. The van der Waals surface area contributed by atoms with Gasteiger partial charge in [-0.15, -0.1) is 11.3 Å². The second kappa shape index (κ2) is 9.70. The van der Waals surface area contributed by atoms with Crippen LogP contribution in [0.1, 0.15) is 31.9 Å². The van der Waals surface area contributed by atoms with Crippen molar-refractivity contribution in [2.24, 2.45) is 0 Å². The molecule has 0 aliphatic rings. The Morgan fingerprint density at radius 1 is 1.03 bits per heavy atom. The highest BCUT2D eigenvalue weighted by molar-refractivity contribution is 7.21. The van der Waals surface area contributed by atoms with Crippen molar-refractivity contribution >= 4 is 62.5 Å². The number of carboxylic acids is 1. The van der Waals surface area contributed by atoms with E-state index >= 15 is 0 Å². The average Bonchev–Trinajstić information content (AvgIpc) is 3.09. The number of aliphatic carboxylic acids is 1. The second-order valence-electron chi connectivity index (χ2n) is 7.76. The van der Waals surface area contributed by atoms with Crippen LogP contribution in [0.15, 0.2) is 48.5 Å². The van der Waals surface area contributed by atoms with Crippen LogP contribution in [0.2, 0.25) is 10.0 Å². The van der Waals surface area contributed by atoms with Gasteiger partial charge < -0.3 is 14.9 Å². The number of carbonyl (C=O) groups excluding carboxylic acids is 1. The lowest BCUT2D eigenvalue weighted by Gasteiger charge is -2.12. The minimum atomic E-state index is -1.15. The SMILES string of the molecule is Cc1cc(F)cc(C)c1C(=O)c1sc2cc(O)ccc2c1Oc1cc(Cl)c(/C=C/C(=O)O)c(Cl)c1. The van der Waals surface area contributed by atoms with Crippen LogP contribution in [0.25, 0.3) is 16.2 Å². The lowest BCUT2D eigenvalue weighted by molar-refractivity contribution is -0.131.